The smallest absolute Gasteiger partial charge is 0.320 e. The van der Waals surface area contributed by atoms with Gasteiger partial charge in [-0.15, -0.1) is 0 Å². The number of likely N-dealkylation sites (tertiary alicyclic amines) is 1. The number of carboxylic acid groups (broad SMARTS) is 1. The number of carbonyl (C=O) groups is 1. The van der Waals surface area contributed by atoms with E-state index in [2.05, 4.69) is 9.97 Å². The molecule has 0 unspecified atom stereocenters. The van der Waals surface area contributed by atoms with E-state index in [1.54, 1.807) is 12.3 Å². The summed E-state index contributed by atoms with van der Waals surface area (Å²) in [4.78, 5) is 22.1. The van der Waals surface area contributed by atoms with Gasteiger partial charge in [0.05, 0.1) is 7.11 Å². The number of aliphatic carboxylic acids is 1. The molecule has 4 rings (SSSR count). The number of methoxy groups -OCH3 is 1. The molecule has 178 valence electrons. The second kappa shape index (κ2) is 10.6. The number of piperidine rings is 1. The minimum Gasteiger partial charge on any atom is -0.481 e. The Balaban J connectivity index is 1.51. The lowest BCUT2D eigenvalue weighted by molar-refractivity contribution is -0.144. The molecule has 0 amide bonds. The number of carboxylic acids is 1. The second-order valence-corrected chi connectivity index (χ2v) is 8.36. The molecule has 1 atom stereocenters. The predicted octanol–water partition coefficient (Wildman–Crippen LogP) is 4.62. The van der Waals surface area contributed by atoms with Gasteiger partial charge in [0, 0.05) is 23.9 Å². The molecular weight excluding hydrogens is 437 g/mol. The van der Waals surface area contributed by atoms with Crippen LogP contribution in [-0.4, -0.2) is 45.6 Å². The lowest BCUT2D eigenvalue weighted by atomic mass is 9.96. The van der Waals surface area contributed by atoms with Gasteiger partial charge in [-0.2, -0.15) is 4.98 Å². The van der Waals surface area contributed by atoms with Crippen molar-refractivity contribution in [3.63, 3.8) is 0 Å². The molecule has 1 saturated heterocycles. The number of hydrogen-bond acceptors (Lipinski definition) is 6. The highest BCUT2D eigenvalue weighted by atomic mass is 19.1. The Bertz CT molecular complexity index is 1160. The molecule has 0 bridgehead atoms. The van der Waals surface area contributed by atoms with E-state index in [-0.39, 0.29) is 18.4 Å². The fourth-order valence-corrected chi connectivity index (χ4v) is 4.38. The van der Waals surface area contributed by atoms with Crippen molar-refractivity contribution in [3.8, 4) is 23.0 Å². The van der Waals surface area contributed by atoms with Crippen LogP contribution < -0.4 is 9.47 Å². The molecule has 1 aliphatic heterocycles. The van der Waals surface area contributed by atoms with Crippen LogP contribution in [0.25, 0.3) is 11.1 Å². The summed E-state index contributed by atoms with van der Waals surface area (Å²) in [5.41, 5.74) is 3.84. The first kappa shape index (κ1) is 23.6. The summed E-state index contributed by atoms with van der Waals surface area (Å²) in [7, 11) is 1.49. The summed E-state index contributed by atoms with van der Waals surface area (Å²) < 4.78 is 25.8. The molecule has 3 aromatic rings. The van der Waals surface area contributed by atoms with Crippen molar-refractivity contribution in [2.75, 3.05) is 13.7 Å². The predicted molar refractivity (Wildman–Crippen MR) is 125 cm³/mol. The molecule has 0 spiro atoms. The van der Waals surface area contributed by atoms with Gasteiger partial charge >= 0.3 is 12.0 Å². The van der Waals surface area contributed by atoms with Crippen LogP contribution in [0.1, 0.15) is 36.0 Å². The van der Waals surface area contributed by atoms with Crippen molar-refractivity contribution < 1.29 is 23.8 Å². The number of nitrogens with zero attached hydrogens (tertiary/aromatic N) is 3. The summed E-state index contributed by atoms with van der Waals surface area (Å²) in [5, 5.41) is 9.52. The van der Waals surface area contributed by atoms with E-state index in [1.807, 2.05) is 42.2 Å². The van der Waals surface area contributed by atoms with Gasteiger partial charge in [-0.3, -0.25) is 9.69 Å². The minimum absolute atomic E-state index is 0.0337. The Morgan fingerprint density at radius 1 is 1.21 bits per heavy atom. The zero-order valence-corrected chi connectivity index (χ0v) is 19.3. The summed E-state index contributed by atoms with van der Waals surface area (Å²) in [6.07, 6.45) is 4.04. The molecule has 1 aromatic heterocycles. The second-order valence-electron chi connectivity index (χ2n) is 8.36. The summed E-state index contributed by atoms with van der Waals surface area (Å²) >= 11 is 0. The maximum atomic E-state index is 14.6. The molecule has 1 fully saturated rings. The van der Waals surface area contributed by atoms with E-state index < -0.39 is 12.0 Å². The van der Waals surface area contributed by atoms with Crippen molar-refractivity contribution in [2.24, 2.45) is 0 Å². The average molecular weight is 466 g/mol. The zero-order chi connectivity index (χ0) is 24.1. The van der Waals surface area contributed by atoms with Crippen molar-refractivity contribution in [1.29, 1.82) is 0 Å². The zero-order valence-electron chi connectivity index (χ0n) is 19.3. The van der Waals surface area contributed by atoms with Crippen LogP contribution in [0.2, 0.25) is 0 Å². The molecule has 0 saturated carbocycles. The SMILES string of the molecule is COc1nc(OCc2c(F)ccc(-c3ccccc3)c2C)ncc1CN1CCCC[C@H]1C(=O)O. The quantitative estimate of drug-likeness (QED) is 0.520. The summed E-state index contributed by atoms with van der Waals surface area (Å²) in [5.74, 6) is -0.866. The van der Waals surface area contributed by atoms with Gasteiger partial charge < -0.3 is 14.6 Å². The standard InChI is InChI=1S/C26H28FN3O4/c1-17-20(18-8-4-3-5-9-18)11-12-22(27)21(17)16-34-26-28-14-19(24(29-26)33-2)15-30-13-7-6-10-23(30)25(31)32/h3-5,8-9,11-12,14,23H,6-7,10,13,15-16H2,1-2H3,(H,31,32)/t23-/m0/s1. The van der Waals surface area contributed by atoms with E-state index in [1.165, 1.54) is 13.2 Å². The maximum Gasteiger partial charge on any atom is 0.320 e. The van der Waals surface area contributed by atoms with Gasteiger partial charge in [0.15, 0.2) is 0 Å². The topological polar surface area (TPSA) is 84.8 Å². The van der Waals surface area contributed by atoms with E-state index in [9.17, 15) is 14.3 Å². The number of hydrogen-bond donors (Lipinski definition) is 1. The van der Waals surface area contributed by atoms with Crippen LogP contribution in [0.3, 0.4) is 0 Å². The highest BCUT2D eigenvalue weighted by molar-refractivity contribution is 5.73. The fourth-order valence-electron chi connectivity index (χ4n) is 4.38. The Kier molecular flexibility index (Phi) is 7.37. The van der Waals surface area contributed by atoms with Gasteiger partial charge in [0.2, 0.25) is 5.88 Å². The van der Waals surface area contributed by atoms with Crippen LogP contribution in [0.4, 0.5) is 4.39 Å². The van der Waals surface area contributed by atoms with Crippen molar-refractivity contribution in [2.45, 2.75) is 45.4 Å². The van der Waals surface area contributed by atoms with E-state index >= 15 is 0 Å². The molecule has 7 nitrogen and oxygen atoms in total. The van der Waals surface area contributed by atoms with Gasteiger partial charge in [-0.1, -0.05) is 42.8 Å². The first-order chi connectivity index (χ1) is 16.5. The van der Waals surface area contributed by atoms with Gasteiger partial charge in [-0.05, 0) is 49.1 Å². The number of aromatic nitrogens is 2. The van der Waals surface area contributed by atoms with Gasteiger partial charge in [-0.25, -0.2) is 9.37 Å². The summed E-state index contributed by atoms with van der Waals surface area (Å²) in [6, 6.07) is 12.5. The van der Waals surface area contributed by atoms with E-state index in [0.29, 0.717) is 36.5 Å². The first-order valence-electron chi connectivity index (χ1n) is 11.3. The van der Waals surface area contributed by atoms with Crippen LogP contribution >= 0.6 is 0 Å². The monoisotopic (exact) mass is 465 g/mol. The largest absolute Gasteiger partial charge is 0.481 e. The minimum atomic E-state index is -0.824. The number of benzene rings is 2. The lowest BCUT2D eigenvalue weighted by Gasteiger charge is -2.32. The Morgan fingerprint density at radius 3 is 2.74 bits per heavy atom. The highest BCUT2D eigenvalue weighted by Gasteiger charge is 2.29. The third-order valence-corrected chi connectivity index (χ3v) is 6.24. The van der Waals surface area contributed by atoms with Crippen molar-refractivity contribution in [1.82, 2.24) is 14.9 Å². The van der Waals surface area contributed by atoms with Gasteiger partial charge in [0.25, 0.3) is 0 Å². The van der Waals surface area contributed by atoms with Crippen LogP contribution in [0, 0.1) is 12.7 Å². The number of ether oxygens (including phenoxy) is 2. The number of halogens is 1. The molecule has 2 heterocycles. The molecule has 34 heavy (non-hydrogen) atoms. The molecule has 8 heteroatoms. The molecule has 0 radical (unpaired) electrons. The van der Waals surface area contributed by atoms with Crippen molar-refractivity contribution in [3.05, 3.63) is 71.2 Å². The lowest BCUT2D eigenvalue weighted by Crippen LogP contribution is -2.44. The highest BCUT2D eigenvalue weighted by Crippen LogP contribution is 2.29. The van der Waals surface area contributed by atoms with Crippen LogP contribution in [0.15, 0.2) is 48.7 Å². The molecule has 2 aromatic carbocycles. The van der Waals surface area contributed by atoms with E-state index in [0.717, 1.165) is 29.5 Å². The molecule has 0 aliphatic carbocycles. The fraction of sp³-hybridized carbons (Fsp3) is 0.346. The Labute approximate surface area is 198 Å². The Hall–Kier alpha value is -3.52. The molecule has 1 N–H and O–H groups in total. The third-order valence-electron chi connectivity index (χ3n) is 6.24. The number of rotatable bonds is 8. The van der Waals surface area contributed by atoms with Crippen molar-refractivity contribution >= 4 is 5.97 Å². The first-order valence-corrected chi connectivity index (χ1v) is 11.3. The maximum absolute atomic E-state index is 14.6. The Morgan fingerprint density at radius 2 is 2.00 bits per heavy atom. The molecular formula is C26H28FN3O4. The van der Waals surface area contributed by atoms with E-state index in [4.69, 9.17) is 9.47 Å². The van der Waals surface area contributed by atoms with Gasteiger partial charge in [0.1, 0.15) is 18.5 Å². The normalized spacial score (nSPS) is 16.3. The summed E-state index contributed by atoms with van der Waals surface area (Å²) in [6.45, 7) is 2.89. The molecule has 1 aliphatic rings. The van der Waals surface area contributed by atoms with Crippen LogP contribution in [-0.2, 0) is 17.9 Å². The average Bonchev–Trinajstić information content (AvgIpc) is 2.85. The van der Waals surface area contributed by atoms with Crippen LogP contribution in [0.5, 0.6) is 11.9 Å². The third kappa shape index (κ3) is 5.17.